The molecule has 2 rings (SSSR count). The van der Waals surface area contributed by atoms with Gasteiger partial charge in [-0.3, -0.25) is 4.79 Å². The van der Waals surface area contributed by atoms with Gasteiger partial charge in [0.05, 0.1) is 20.6 Å². The maximum Gasteiger partial charge on any atom is 0.226 e. The molecule has 0 aromatic heterocycles. The normalized spacial score (nSPS) is 20.6. The van der Waals surface area contributed by atoms with Crippen LogP contribution in [0.4, 0.5) is 0 Å². The largest absolute Gasteiger partial charge is 0.493 e. The van der Waals surface area contributed by atoms with Crippen LogP contribution in [-0.2, 0) is 11.2 Å². The Hall–Kier alpha value is -1.42. The summed E-state index contributed by atoms with van der Waals surface area (Å²) in [6.45, 7) is 0.787. The van der Waals surface area contributed by atoms with Crippen LogP contribution in [0.2, 0.25) is 0 Å². The molecule has 0 atom stereocenters. The summed E-state index contributed by atoms with van der Waals surface area (Å²) in [5.41, 5.74) is 0.924. The predicted octanol–water partition coefficient (Wildman–Crippen LogP) is 2.72. The number of carbonyl (C=O) groups excluding carboxylic acids is 1. The summed E-state index contributed by atoms with van der Waals surface area (Å²) in [5.74, 6) is 1.98. The number of alkyl halides is 1. The van der Waals surface area contributed by atoms with E-state index in [0.29, 0.717) is 29.2 Å². The zero-order chi connectivity index (χ0) is 15.4. The molecule has 1 aliphatic rings. The average molecular weight is 312 g/mol. The lowest BCUT2D eigenvalue weighted by molar-refractivity contribution is -0.130. The predicted molar refractivity (Wildman–Crippen MR) is 83.3 cm³/mol. The Kier molecular flexibility index (Phi) is 5.34. The Labute approximate surface area is 131 Å². The summed E-state index contributed by atoms with van der Waals surface area (Å²) in [7, 11) is 5.04. The van der Waals surface area contributed by atoms with Gasteiger partial charge < -0.3 is 14.4 Å². The van der Waals surface area contributed by atoms with Gasteiger partial charge in [0.25, 0.3) is 0 Å². The van der Waals surface area contributed by atoms with Crippen molar-refractivity contribution in [2.45, 2.75) is 24.6 Å². The molecule has 5 heteroatoms. The number of rotatable bonds is 6. The summed E-state index contributed by atoms with van der Waals surface area (Å²) in [5, 5.41) is 0.296. The van der Waals surface area contributed by atoms with Crippen molar-refractivity contribution in [2.24, 2.45) is 5.92 Å². The highest BCUT2D eigenvalue weighted by atomic mass is 35.5. The highest BCUT2D eigenvalue weighted by Crippen LogP contribution is 2.32. The van der Waals surface area contributed by atoms with Gasteiger partial charge >= 0.3 is 0 Å². The van der Waals surface area contributed by atoms with Gasteiger partial charge in [0.1, 0.15) is 0 Å². The van der Waals surface area contributed by atoms with E-state index in [2.05, 4.69) is 0 Å². The second-order valence-electron chi connectivity index (χ2n) is 5.58. The van der Waals surface area contributed by atoms with E-state index in [0.717, 1.165) is 24.9 Å². The first-order chi connectivity index (χ1) is 10.0. The lowest BCUT2D eigenvalue weighted by Crippen LogP contribution is -2.38. The Bertz CT molecular complexity index is 500. The van der Waals surface area contributed by atoms with Crippen molar-refractivity contribution < 1.29 is 14.3 Å². The van der Waals surface area contributed by atoms with Crippen molar-refractivity contribution in [3.63, 3.8) is 0 Å². The molecule has 0 bridgehead atoms. The van der Waals surface area contributed by atoms with Gasteiger partial charge in [-0.15, -0.1) is 11.6 Å². The van der Waals surface area contributed by atoms with Crippen LogP contribution < -0.4 is 9.47 Å². The summed E-state index contributed by atoms with van der Waals surface area (Å²) >= 11 is 5.97. The van der Waals surface area contributed by atoms with E-state index in [-0.39, 0.29) is 5.91 Å². The minimum atomic E-state index is 0.111. The molecule has 0 saturated heterocycles. The van der Waals surface area contributed by atoms with E-state index >= 15 is 0 Å². The lowest BCUT2D eigenvalue weighted by Gasteiger charge is -2.34. The van der Waals surface area contributed by atoms with E-state index in [9.17, 15) is 4.79 Å². The van der Waals surface area contributed by atoms with Crippen molar-refractivity contribution in [1.29, 1.82) is 0 Å². The third-order valence-electron chi connectivity index (χ3n) is 3.94. The van der Waals surface area contributed by atoms with Crippen LogP contribution in [0, 0.1) is 5.92 Å². The zero-order valence-corrected chi connectivity index (χ0v) is 13.5. The minimum Gasteiger partial charge on any atom is -0.493 e. The van der Waals surface area contributed by atoms with Gasteiger partial charge in [-0.2, -0.15) is 0 Å². The second kappa shape index (κ2) is 7.03. The van der Waals surface area contributed by atoms with Gasteiger partial charge in [0, 0.05) is 19.0 Å². The van der Waals surface area contributed by atoms with Crippen LogP contribution in [0.5, 0.6) is 11.5 Å². The first-order valence-electron chi connectivity index (χ1n) is 7.12. The second-order valence-corrected chi connectivity index (χ2v) is 6.19. The summed E-state index contributed by atoms with van der Waals surface area (Å²) in [6.07, 6.45) is 2.39. The molecule has 1 fully saturated rings. The van der Waals surface area contributed by atoms with E-state index in [1.165, 1.54) is 0 Å². The average Bonchev–Trinajstić information content (AvgIpc) is 2.45. The fourth-order valence-corrected chi connectivity index (χ4v) is 3.10. The monoisotopic (exact) mass is 311 g/mol. The highest BCUT2D eigenvalue weighted by Gasteiger charge is 2.29. The number of amides is 1. The molecule has 0 heterocycles. The standard InChI is InChI=1S/C16H22ClNO3/c1-18(10-12-6-13(17)7-12)16(19)9-11-4-5-14(20-2)15(8-11)21-3/h4-5,8,12-13H,6-7,9-10H2,1-3H3. The molecule has 1 aromatic rings. The molecule has 0 aliphatic heterocycles. The molecule has 0 radical (unpaired) electrons. The Morgan fingerprint density at radius 3 is 2.52 bits per heavy atom. The van der Waals surface area contributed by atoms with E-state index < -0.39 is 0 Å². The van der Waals surface area contributed by atoms with Gasteiger partial charge in [-0.05, 0) is 36.5 Å². The van der Waals surface area contributed by atoms with Gasteiger partial charge in [0.15, 0.2) is 11.5 Å². The fourth-order valence-electron chi connectivity index (χ4n) is 2.59. The lowest BCUT2D eigenvalue weighted by atomic mass is 9.84. The number of benzene rings is 1. The van der Waals surface area contributed by atoms with Crippen LogP contribution in [0.3, 0.4) is 0 Å². The SMILES string of the molecule is COc1ccc(CC(=O)N(C)CC2CC(Cl)C2)cc1OC. The molecule has 0 unspecified atom stereocenters. The Morgan fingerprint density at radius 2 is 1.95 bits per heavy atom. The van der Waals surface area contributed by atoms with Gasteiger partial charge in [-0.25, -0.2) is 0 Å². The Balaban J connectivity index is 1.92. The maximum atomic E-state index is 12.2. The first kappa shape index (κ1) is 16.0. The minimum absolute atomic E-state index is 0.111. The molecule has 116 valence electrons. The van der Waals surface area contributed by atoms with Crippen molar-refractivity contribution in [3.8, 4) is 11.5 Å². The number of halogens is 1. The van der Waals surface area contributed by atoms with Crippen LogP contribution in [-0.4, -0.2) is 44.0 Å². The summed E-state index contributed by atoms with van der Waals surface area (Å²) in [6, 6.07) is 5.57. The van der Waals surface area contributed by atoms with Crippen LogP contribution in [0.1, 0.15) is 18.4 Å². The van der Waals surface area contributed by atoms with Crippen molar-refractivity contribution in [2.75, 3.05) is 27.8 Å². The number of nitrogens with zero attached hydrogens (tertiary/aromatic N) is 1. The quantitative estimate of drug-likeness (QED) is 0.758. The smallest absolute Gasteiger partial charge is 0.226 e. The number of ether oxygens (including phenoxy) is 2. The summed E-state index contributed by atoms with van der Waals surface area (Å²) in [4.78, 5) is 14.0. The van der Waals surface area contributed by atoms with Gasteiger partial charge in [-0.1, -0.05) is 6.07 Å². The van der Waals surface area contributed by atoms with Crippen LogP contribution in [0.15, 0.2) is 18.2 Å². The first-order valence-corrected chi connectivity index (χ1v) is 7.56. The number of hydrogen-bond donors (Lipinski definition) is 0. The highest BCUT2D eigenvalue weighted by molar-refractivity contribution is 6.21. The third-order valence-corrected chi connectivity index (χ3v) is 4.30. The number of hydrogen-bond acceptors (Lipinski definition) is 3. The molecular formula is C16H22ClNO3. The van der Waals surface area contributed by atoms with Crippen LogP contribution in [0.25, 0.3) is 0 Å². The topological polar surface area (TPSA) is 38.8 Å². The molecule has 1 amide bonds. The molecular weight excluding hydrogens is 290 g/mol. The zero-order valence-electron chi connectivity index (χ0n) is 12.8. The maximum absolute atomic E-state index is 12.2. The molecule has 0 spiro atoms. The van der Waals surface area contributed by atoms with E-state index in [1.54, 1.807) is 19.1 Å². The number of methoxy groups -OCH3 is 2. The fraction of sp³-hybridized carbons (Fsp3) is 0.562. The number of carbonyl (C=O) groups is 1. The van der Waals surface area contributed by atoms with Gasteiger partial charge in [0.2, 0.25) is 5.91 Å². The van der Waals surface area contributed by atoms with E-state index in [1.807, 2.05) is 25.2 Å². The number of likely N-dealkylation sites (N-methyl/N-ethyl adjacent to an activating group) is 1. The van der Waals surface area contributed by atoms with Crippen molar-refractivity contribution >= 4 is 17.5 Å². The molecule has 1 aromatic carbocycles. The summed E-state index contributed by atoms with van der Waals surface area (Å²) < 4.78 is 10.5. The molecule has 1 saturated carbocycles. The molecule has 4 nitrogen and oxygen atoms in total. The van der Waals surface area contributed by atoms with Crippen molar-refractivity contribution in [3.05, 3.63) is 23.8 Å². The van der Waals surface area contributed by atoms with E-state index in [4.69, 9.17) is 21.1 Å². The third kappa shape index (κ3) is 4.03. The van der Waals surface area contributed by atoms with Crippen molar-refractivity contribution in [1.82, 2.24) is 4.90 Å². The Morgan fingerprint density at radius 1 is 1.29 bits per heavy atom. The molecule has 1 aliphatic carbocycles. The molecule has 0 N–H and O–H groups in total. The molecule has 21 heavy (non-hydrogen) atoms. The van der Waals surface area contributed by atoms with Crippen LogP contribution >= 0.6 is 11.6 Å².